The van der Waals surface area contributed by atoms with Crippen LogP contribution in [0.1, 0.15) is 123 Å². The van der Waals surface area contributed by atoms with Gasteiger partial charge in [-0.25, -0.2) is 0 Å². The Labute approximate surface area is 507 Å². The van der Waals surface area contributed by atoms with E-state index in [1.165, 1.54) is 7.11 Å². The summed E-state index contributed by atoms with van der Waals surface area (Å²) in [6.45, 7) is 13.0. The highest BCUT2D eigenvalue weighted by atomic mass is 35.5. The number of anilines is 1. The number of halogens is 1. The zero-order chi connectivity index (χ0) is 62.0. The summed E-state index contributed by atoms with van der Waals surface area (Å²) in [6.07, 6.45) is -3.03. The number of carbonyl (C=O) groups is 5. The van der Waals surface area contributed by atoms with Crippen molar-refractivity contribution in [2.75, 3.05) is 46.7 Å². The third-order valence-corrected chi connectivity index (χ3v) is 18.6. The summed E-state index contributed by atoms with van der Waals surface area (Å²) in [4.78, 5) is 74.7. The summed E-state index contributed by atoms with van der Waals surface area (Å²) >= 11 is 6.53. The van der Waals surface area contributed by atoms with E-state index >= 15 is 0 Å². The van der Waals surface area contributed by atoms with Crippen LogP contribution in [0.3, 0.4) is 0 Å². The van der Waals surface area contributed by atoms with E-state index < -0.39 is 89.5 Å². The molecule has 7 N–H and O–H groups in total. The van der Waals surface area contributed by atoms with Gasteiger partial charge in [0.15, 0.2) is 12.6 Å². The fourth-order valence-corrected chi connectivity index (χ4v) is 13.6. The van der Waals surface area contributed by atoms with Crippen LogP contribution in [-0.4, -0.2) is 175 Å². The Morgan fingerprint density at radius 2 is 1.56 bits per heavy atom. The van der Waals surface area contributed by atoms with Crippen LogP contribution in [-0.2, 0) is 66.9 Å². The lowest BCUT2D eigenvalue weighted by molar-refractivity contribution is -0.317. The summed E-state index contributed by atoms with van der Waals surface area (Å²) in [5.41, 5.74) is -0.592. The molecule has 4 aliphatic rings. The molecule has 3 aliphatic heterocycles. The predicted molar refractivity (Wildman–Crippen MR) is 324 cm³/mol. The number of likely N-dealkylation sites (N-methyl/N-ethyl adjacent to an activating group) is 1. The van der Waals surface area contributed by atoms with Crippen LogP contribution in [0.4, 0.5) is 5.69 Å². The third-order valence-electron chi connectivity index (χ3n) is 18.2. The largest absolute Gasteiger partial charge is 0.387 e. The first-order chi connectivity index (χ1) is 40.2. The van der Waals surface area contributed by atoms with Gasteiger partial charge >= 0.3 is 0 Å². The number of benzene rings is 3. The zero-order valence-corrected chi connectivity index (χ0v) is 52.4. The molecule has 4 fully saturated rings. The van der Waals surface area contributed by atoms with Gasteiger partial charge in [0.25, 0.3) is 0 Å². The van der Waals surface area contributed by atoms with Crippen LogP contribution in [0.5, 0.6) is 0 Å². The van der Waals surface area contributed by atoms with Crippen molar-refractivity contribution in [3.05, 3.63) is 101 Å². The van der Waals surface area contributed by atoms with E-state index in [4.69, 9.17) is 35.3 Å². The van der Waals surface area contributed by atoms with Gasteiger partial charge in [0.05, 0.1) is 48.0 Å². The molecule has 3 heterocycles. The smallest absolute Gasteiger partial charge is 0.247 e. The average molecular weight is 1200 g/mol. The highest BCUT2D eigenvalue weighted by molar-refractivity contribution is 6.31. The molecule has 3 aromatic carbocycles. The lowest BCUT2D eigenvalue weighted by Crippen LogP contribution is -2.60. The van der Waals surface area contributed by atoms with Crippen LogP contribution in [0.25, 0.3) is 0 Å². The Hall–Kier alpha value is -5.06. The summed E-state index contributed by atoms with van der Waals surface area (Å²) in [5.74, 6) is -3.64. The van der Waals surface area contributed by atoms with Crippen LogP contribution in [0, 0.1) is 23.2 Å². The van der Waals surface area contributed by atoms with Crippen LogP contribution >= 0.6 is 11.6 Å². The van der Waals surface area contributed by atoms with Crippen molar-refractivity contribution < 1.29 is 63.0 Å². The van der Waals surface area contributed by atoms with Crippen molar-refractivity contribution in [3.63, 3.8) is 0 Å². The molecule has 85 heavy (non-hydrogen) atoms. The average Bonchev–Trinajstić information content (AvgIpc) is 4.06. The molecule has 1 aliphatic carbocycles. The number of hydrogen-bond acceptors (Lipinski definition) is 14. The summed E-state index contributed by atoms with van der Waals surface area (Å²) in [7, 11) is 6.98. The van der Waals surface area contributed by atoms with Crippen LogP contribution in [0.15, 0.2) is 78.9 Å². The molecule has 0 unspecified atom stereocenters. The normalized spacial score (nSPS) is 33.2. The number of aliphatic hydroxyl groups is 3. The first kappa shape index (κ1) is 67.4. The maximum Gasteiger partial charge on any atom is 0.247 e. The highest BCUT2D eigenvalue weighted by Crippen LogP contribution is 2.42. The molecule has 1 spiro atoms. The number of amides is 5. The highest BCUT2D eigenvalue weighted by Gasteiger charge is 2.51. The second-order valence-corrected chi connectivity index (χ2v) is 26.2. The SMILES string of the molecule is CO[C@]1(C)C[C@H](O[C@H]2[C@H](C)[C@@H](O[C@@H]3O[C@H](C)C[C@H](N(C)C)[C@H]3O)[C@](C)(O)C[C@@H](C)CN(C)C(=O)C[C@@H](Cc3ccc(NC(=O)[C@H](Cc4ccccc4Cl)NC(=O)Cc4ccccc4)cc3)NC(=O)CC3(CCCC3)CNC(=O)[C@@H]2C)O[C@@H](C)[C@@H]1O. The lowest BCUT2D eigenvalue weighted by Gasteiger charge is -2.49. The second kappa shape index (κ2) is 29.8. The number of aliphatic hydroxyl groups excluding tert-OH is 2. The van der Waals surface area contributed by atoms with Crippen molar-refractivity contribution in [1.29, 1.82) is 0 Å². The Balaban J connectivity index is 1.15. The Morgan fingerprint density at radius 3 is 2.22 bits per heavy atom. The van der Waals surface area contributed by atoms with E-state index in [1.54, 1.807) is 63.9 Å². The lowest BCUT2D eigenvalue weighted by atomic mass is 9.77. The molecule has 20 heteroatoms. The summed E-state index contributed by atoms with van der Waals surface area (Å²) < 4.78 is 32.3. The van der Waals surface area contributed by atoms with Gasteiger partial charge in [0.1, 0.15) is 18.2 Å². The van der Waals surface area contributed by atoms with Gasteiger partial charge in [-0.15, -0.1) is 0 Å². The quantitative estimate of drug-likeness (QED) is 0.0877. The second-order valence-electron chi connectivity index (χ2n) is 25.8. The number of ether oxygens (including phenoxy) is 5. The van der Waals surface area contributed by atoms with Gasteiger partial charge in [-0.2, -0.15) is 0 Å². The molecule has 0 aromatic heterocycles. The molecule has 0 bridgehead atoms. The van der Waals surface area contributed by atoms with Crippen molar-refractivity contribution in [1.82, 2.24) is 25.8 Å². The topological polar surface area (TPSA) is 247 Å². The van der Waals surface area contributed by atoms with E-state index in [0.717, 1.165) is 24.0 Å². The van der Waals surface area contributed by atoms with E-state index in [2.05, 4.69) is 21.3 Å². The maximum absolute atomic E-state index is 14.9. The molecular weight excluding hydrogens is 1110 g/mol. The Morgan fingerprint density at radius 1 is 0.894 bits per heavy atom. The molecule has 3 saturated heterocycles. The minimum atomic E-state index is -1.69. The van der Waals surface area contributed by atoms with Gasteiger partial charge < -0.3 is 70.1 Å². The monoisotopic (exact) mass is 1200 g/mol. The molecule has 19 nitrogen and oxygen atoms in total. The summed E-state index contributed by atoms with van der Waals surface area (Å²) in [6, 6.07) is 21.6. The maximum atomic E-state index is 14.9. The number of nitrogens with one attached hydrogen (secondary N) is 4. The minimum absolute atomic E-state index is 0.0532. The summed E-state index contributed by atoms with van der Waals surface area (Å²) in [5, 5.41) is 48.8. The standard InChI is InChI=1S/C65H95ClN6O13/c1-39-34-63(6,80)59(85-62-56(76)51(71(8)9)29-40(2)82-62)41(3)57(84-55-36-64(7,81-11)58(77)43(5)83-55)42(4)60(78)67-38-65(27-17-18-28-65)35-53(74)68-48(33-54(75)72(10)37-39)30-45-23-25-47(26-24-45)69-61(79)50(32-46-21-15-16-22-49(46)66)70-52(73)31-44-19-13-12-14-20-44/h12-16,19-26,39-43,48,50-51,55-59,62,76-77,80H,17-18,27-38H2,1-11H3,(H,67,78)(H,68,74)(H,69,79)(H,70,73)/t39-,40-,41+,42-,43+,48-,50+,51+,55+,56-,57+,58+,59-,62+,63-,64-/m1/s1. The molecule has 3 aromatic rings. The van der Waals surface area contributed by atoms with E-state index in [0.29, 0.717) is 35.5 Å². The molecule has 5 amide bonds. The molecule has 16 atom stereocenters. The molecule has 1 saturated carbocycles. The van der Waals surface area contributed by atoms with E-state index in [9.17, 15) is 39.3 Å². The number of methoxy groups -OCH3 is 1. The number of rotatable bonds is 15. The fraction of sp³-hybridized carbons (Fsp3) is 0.646. The zero-order valence-electron chi connectivity index (χ0n) is 51.7. The Kier molecular flexibility index (Phi) is 23.6. The van der Waals surface area contributed by atoms with Gasteiger partial charge in [-0.05, 0) is 120 Å². The third kappa shape index (κ3) is 18.0. The van der Waals surface area contributed by atoms with Crippen molar-refractivity contribution in [2.24, 2.45) is 23.2 Å². The van der Waals surface area contributed by atoms with E-state index in [-0.39, 0.29) is 99.7 Å². The van der Waals surface area contributed by atoms with Crippen molar-refractivity contribution >= 4 is 46.8 Å². The first-order valence-corrected chi connectivity index (χ1v) is 30.8. The Bertz CT molecular complexity index is 2700. The minimum Gasteiger partial charge on any atom is -0.387 e. The molecule has 470 valence electrons. The van der Waals surface area contributed by atoms with Gasteiger partial charge in [-0.3, -0.25) is 24.0 Å². The number of nitrogens with zero attached hydrogens (tertiary/aromatic N) is 2. The number of carbonyl (C=O) groups excluding carboxylic acids is 5. The van der Waals surface area contributed by atoms with Crippen molar-refractivity contribution in [3.8, 4) is 0 Å². The first-order valence-electron chi connectivity index (χ1n) is 30.4. The van der Waals surface area contributed by atoms with Crippen molar-refractivity contribution in [2.45, 2.75) is 204 Å². The van der Waals surface area contributed by atoms with Gasteiger partial charge in [-0.1, -0.05) is 106 Å². The van der Waals surface area contributed by atoms with Crippen LogP contribution in [0.2, 0.25) is 5.02 Å². The van der Waals surface area contributed by atoms with Gasteiger partial charge in [0.2, 0.25) is 29.5 Å². The predicted octanol–water partition coefficient (Wildman–Crippen LogP) is 6.35. The van der Waals surface area contributed by atoms with Crippen LogP contribution < -0.4 is 21.3 Å². The number of hydrogen-bond donors (Lipinski definition) is 7. The molecular formula is C65H95ClN6O13. The fourth-order valence-electron chi connectivity index (χ4n) is 13.4. The molecule has 0 radical (unpaired) electrons. The van der Waals surface area contributed by atoms with Gasteiger partial charge in [0, 0.05) is 81.6 Å². The molecule has 7 rings (SSSR count). The van der Waals surface area contributed by atoms with E-state index in [1.807, 2.05) is 94.4 Å².